The number of pyridine rings is 1. The number of rotatable bonds is 6. The van der Waals surface area contributed by atoms with Crippen LogP contribution in [0.25, 0.3) is 0 Å². The van der Waals surface area contributed by atoms with Crippen molar-refractivity contribution in [1.29, 1.82) is 0 Å². The molecule has 0 unspecified atom stereocenters. The molecule has 0 saturated heterocycles. The van der Waals surface area contributed by atoms with Gasteiger partial charge in [-0.2, -0.15) is 0 Å². The predicted octanol–water partition coefficient (Wildman–Crippen LogP) is 4.19. The van der Waals surface area contributed by atoms with Crippen LogP contribution < -0.4 is 10.6 Å². The molecule has 5 nitrogen and oxygen atoms in total. The van der Waals surface area contributed by atoms with Gasteiger partial charge in [-0.25, -0.2) is 0 Å². The molecule has 5 rings (SSSR count). The van der Waals surface area contributed by atoms with Gasteiger partial charge < -0.3 is 10.6 Å². The summed E-state index contributed by atoms with van der Waals surface area (Å²) >= 11 is 0. The summed E-state index contributed by atoms with van der Waals surface area (Å²) in [7, 11) is 0. The van der Waals surface area contributed by atoms with Gasteiger partial charge >= 0.3 is 0 Å². The van der Waals surface area contributed by atoms with Gasteiger partial charge in [0, 0.05) is 18.3 Å². The van der Waals surface area contributed by atoms with E-state index in [-0.39, 0.29) is 23.9 Å². The van der Waals surface area contributed by atoms with Crippen LogP contribution in [0.1, 0.15) is 86.1 Å². The van der Waals surface area contributed by atoms with Crippen molar-refractivity contribution in [2.24, 2.45) is 35.5 Å². The lowest BCUT2D eigenvalue weighted by molar-refractivity contribution is 0.0898. The third-order valence-electron chi connectivity index (χ3n) is 8.85. The third-order valence-corrected chi connectivity index (χ3v) is 8.85. The second-order valence-electron chi connectivity index (χ2n) is 10.6. The zero-order valence-corrected chi connectivity index (χ0v) is 18.3. The summed E-state index contributed by atoms with van der Waals surface area (Å²) in [4.78, 5) is 29.6. The fourth-order valence-corrected chi connectivity index (χ4v) is 7.26. The smallest absolute Gasteiger partial charge is 0.270 e. The van der Waals surface area contributed by atoms with Gasteiger partial charge in [0.2, 0.25) is 0 Å². The van der Waals surface area contributed by atoms with Gasteiger partial charge in [-0.15, -0.1) is 0 Å². The zero-order valence-electron chi connectivity index (χ0n) is 18.3. The molecule has 2 N–H and O–H groups in total. The van der Waals surface area contributed by atoms with Gasteiger partial charge in [-0.1, -0.05) is 12.8 Å². The van der Waals surface area contributed by atoms with Crippen LogP contribution in [0.15, 0.2) is 18.3 Å². The molecule has 4 saturated carbocycles. The summed E-state index contributed by atoms with van der Waals surface area (Å²) in [5.41, 5.74) is 0.922. The largest absolute Gasteiger partial charge is 0.349 e. The van der Waals surface area contributed by atoms with Crippen LogP contribution in [0.4, 0.5) is 0 Å². The first-order chi connectivity index (χ1) is 14.5. The van der Waals surface area contributed by atoms with E-state index in [1.54, 1.807) is 18.3 Å². The fraction of sp³-hybridized carbons (Fsp3) is 0.720. The predicted molar refractivity (Wildman–Crippen MR) is 116 cm³/mol. The molecule has 4 aliphatic carbocycles. The number of aromatic nitrogens is 1. The molecule has 0 aromatic carbocycles. The van der Waals surface area contributed by atoms with Crippen molar-refractivity contribution < 1.29 is 9.59 Å². The topological polar surface area (TPSA) is 71.1 Å². The van der Waals surface area contributed by atoms with Gasteiger partial charge in [0.05, 0.1) is 5.56 Å². The number of nitrogens with one attached hydrogen (secondary N) is 2. The van der Waals surface area contributed by atoms with Crippen LogP contribution in [0.2, 0.25) is 0 Å². The highest BCUT2D eigenvalue weighted by Gasteiger charge is 2.43. The SMILES string of the molecule is C[C@@H](NC(=O)c1ccc(C(=O)N[C@H](C)[C@@H]2C[C@H]3CC[C@@H]2C3)nc1)[C@@H]1C[C@H]2CC[C@@H]1C2. The van der Waals surface area contributed by atoms with E-state index in [1.807, 2.05) is 0 Å². The molecule has 2 amide bonds. The average molecular weight is 410 g/mol. The second-order valence-corrected chi connectivity index (χ2v) is 10.6. The van der Waals surface area contributed by atoms with Gasteiger partial charge in [-0.05, 0) is 100 Å². The maximum Gasteiger partial charge on any atom is 0.270 e. The molecular formula is C25H35N3O2. The van der Waals surface area contributed by atoms with Crippen molar-refractivity contribution in [2.45, 2.75) is 77.3 Å². The van der Waals surface area contributed by atoms with Crippen LogP contribution in [0.5, 0.6) is 0 Å². The van der Waals surface area contributed by atoms with Crippen LogP contribution in [0.3, 0.4) is 0 Å². The Balaban J connectivity index is 1.15. The van der Waals surface area contributed by atoms with Crippen molar-refractivity contribution in [3.8, 4) is 0 Å². The van der Waals surface area contributed by atoms with E-state index in [0.29, 0.717) is 23.1 Å². The maximum absolute atomic E-state index is 12.7. The van der Waals surface area contributed by atoms with Crippen LogP contribution in [-0.4, -0.2) is 28.9 Å². The summed E-state index contributed by atoms with van der Waals surface area (Å²) in [6.07, 6.45) is 12.1. The van der Waals surface area contributed by atoms with Crippen LogP contribution >= 0.6 is 0 Å². The number of carbonyl (C=O) groups is 2. The molecule has 1 aromatic rings. The van der Waals surface area contributed by atoms with Gasteiger partial charge in [-0.3, -0.25) is 14.6 Å². The Bertz CT molecular complexity index is 740. The lowest BCUT2D eigenvalue weighted by Crippen LogP contribution is -2.41. The van der Waals surface area contributed by atoms with Crippen LogP contribution in [0, 0.1) is 35.5 Å². The number of fused-ring (bicyclic) bond motifs is 4. The molecule has 4 aliphatic rings. The van der Waals surface area contributed by atoms with E-state index in [2.05, 4.69) is 29.5 Å². The Hall–Kier alpha value is -1.91. The molecule has 0 spiro atoms. The molecule has 4 bridgehead atoms. The molecule has 0 radical (unpaired) electrons. The van der Waals surface area contributed by atoms with Crippen molar-refractivity contribution in [3.05, 3.63) is 29.6 Å². The highest BCUT2D eigenvalue weighted by atomic mass is 16.2. The molecule has 8 atom stereocenters. The van der Waals surface area contributed by atoms with Crippen molar-refractivity contribution >= 4 is 11.8 Å². The lowest BCUT2D eigenvalue weighted by atomic mass is 9.84. The summed E-state index contributed by atoms with van der Waals surface area (Å²) in [5, 5.41) is 6.33. The summed E-state index contributed by atoms with van der Waals surface area (Å²) in [6, 6.07) is 3.78. The average Bonchev–Trinajstić information content (AvgIpc) is 3.55. The minimum atomic E-state index is -0.132. The first-order valence-electron chi connectivity index (χ1n) is 12.1. The third kappa shape index (κ3) is 3.76. The van der Waals surface area contributed by atoms with E-state index in [1.165, 1.54) is 51.4 Å². The van der Waals surface area contributed by atoms with Gasteiger partial charge in [0.1, 0.15) is 5.69 Å². The summed E-state index contributed by atoms with van der Waals surface area (Å²) < 4.78 is 0. The Morgan fingerprint density at radius 1 is 0.833 bits per heavy atom. The number of hydrogen-bond donors (Lipinski definition) is 2. The number of amides is 2. The summed E-state index contributed by atoms with van der Waals surface area (Å²) in [5.74, 6) is 4.31. The summed E-state index contributed by atoms with van der Waals surface area (Å²) in [6.45, 7) is 4.26. The van der Waals surface area contributed by atoms with E-state index in [0.717, 1.165) is 23.7 Å². The van der Waals surface area contributed by atoms with E-state index >= 15 is 0 Å². The quantitative estimate of drug-likeness (QED) is 0.740. The molecule has 162 valence electrons. The monoisotopic (exact) mass is 409 g/mol. The van der Waals surface area contributed by atoms with Crippen molar-refractivity contribution in [3.63, 3.8) is 0 Å². The molecule has 5 heteroatoms. The molecule has 1 aromatic heterocycles. The first kappa shape index (κ1) is 20.0. The molecule has 30 heavy (non-hydrogen) atoms. The Morgan fingerprint density at radius 3 is 1.83 bits per heavy atom. The standard InChI is InChI=1S/C25H35N3O2/c1-14(21-11-16-3-5-18(21)9-16)27-24(29)20-7-8-23(26-13-20)25(30)28-15(2)22-12-17-4-6-19(22)10-17/h7-8,13-19,21-22H,3-6,9-12H2,1-2H3,(H,27,29)(H,28,30)/t14-,15-,16+,17+,18-,19-,21+,22+/m1/s1. The second kappa shape index (κ2) is 7.97. The van der Waals surface area contributed by atoms with Gasteiger partial charge in [0.25, 0.3) is 11.8 Å². The Morgan fingerprint density at radius 2 is 1.40 bits per heavy atom. The van der Waals surface area contributed by atoms with E-state index < -0.39 is 0 Å². The molecule has 0 aliphatic heterocycles. The number of hydrogen-bond acceptors (Lipinski definition) is 3. The number of nitrogens with zero attached hydrogens (tertiary/aromatic N) is 1. The van der Waals surface area contributed by atoms with E-state index in [9.17, 15) is 9.59 Å². The molecular weight excluding hydrogens is 374 g/mol. The Labute approximate surface area is 179 Å². The minimum Gasteiger partial charge on any atom is -0.349 e. The normalized spacial score (nSPS) is 35.9. The van der Waals surface area contributed by atoms with Crippen LogP contribution in [-0.2, 0) is 0 Å². The molecule has 4 fully saturated rings. The highest BCUT2D eigenvalue weighted by Crippen LogP contribution is 2.50. The zero-order chi connectivity index (χ0) is 20.8. The van der Waals surface area contributed by atoms with Crippen molar-refractivity contribution in [2.75, 3.05) is 0 Å². The Kier molecular flexibility index (Phi) is 5.32. The maximum atomic E-state index is 12.7. The lowest BCUT2D eigenvalue weighted by Gasteiger charge is -2.28. The number of carbonyl (C=O) groups excluding carboxylic acids is 2. The fourth-order valence-electron chi connectivity index (χ4n) is 7.26. The minimum absolute atomic E-state index is 0.0833. The van der Waals surface area contributed by atoms with Crippen molar-refractivity contribution in [1.82, 2.24) is 15.6 Å². The van der Waals surface area contributed by atoms with E-state index in [4.69, 9.17) is 0 Å². The first-order valence-corrected chi connectivity index (χ1v) is 12.1. The highest BCUT2D eigenvalue weighted by molar-refractivity contribution is 5.96. The molecule has 1 heterocycles. The van der Waals surface area contributed by atoms with Gasteiger partial charge in [0.15, 0.2) is 0 Å².